The monoisotopic (exact) mass is 275 g/mol. The normalized spacial score (nSPS) is 18.3. The summed E-state index contributed by atoms with van der Waals surface area (Å²) in [7, 11) is 0. The van der Waals surface area contributed by atoms with E-state index >= 15 is 0 Å². The summed E-state index contributed by atoms with van der Waals surface area (Å²) in [4.78, 5) is 16.2. The van der Waals surface area contributed by atoms with Gasteiger partial charge in [-0.15, -0.1) is 0 Å². The average molecular weight is 276 g/mol. The van der Waals surface area contributed by atoms with Crippen LogP contribution in [0.5, 0.6) is 0 Å². The highest BCUT2D eigenvalue weighted by Gasteiger charge is 2.24. The molecule has 1 aliphatic rings. The van der Waals surface area contributed by atoms with Gasteiger partial charge in [-0.3, -0.25) is 0 Å². The van der Waals surface area contributed by atoms with Crippen molar-refractivity contribution in [1.29, 1.82) is 0 Å². The van der Waals surface area contributed by atoms with Gasteiger partial charge in [-0.1, -0.05) is 18.5 Å². The molecule has 0 radical (unpaired) electrons. The SMILES string of the molecule is CCC1CC(C)=Nn2c1c1ccc(Cl)cc1nc2=O. The second-order valence-electron chi connectivity index (χ2n) is 4.90. The third kappa shape index (κ3) is 1.96. The van der Waals surface area contributed by atoms with Crippen molar-refractivity contribution in [2.24, 2.45) is 5.10 Å². The molecule has 1 atom stereocenters. The zero-order chi connectivity index (χ0) is 13.6. The van der Waals surface area contributed by atoms with Crippen LogP contribution in [0.4, 0.5) is 0 Å². The van der Waals surface area contributed by atoms with Gasteiger partial charge < -0.3 is 0 Å². The van der Waals surface area contributed by atoms with Gasteiger partial charge in [0, 0.05) is 22.0 Å². The number of rotatable bonds is 1. The van der Waals surface area contributed by atoms with E-state index in [1.165, 1.54) is 4.68 Å². The summed E-state index contributed by atoms with van der Waals surface area (Å²) in [6.45, 7) is 4.07. The van der Waals surface area contributed by atoms with Gasteiger partial charge in [0.25, 0.3) is 0 Å². The lowest BCUT2D eigenvalue weighted by atomic mass is 9.92. The van der Waals surface area contributed by atoms with Crippen LogP contribution in [0.1, 0.15) is 38.3 Å². The molecule has 0 bridgehead atoms. The standard InChI is InChI=1S/C14H14ClN3O/c1-3-9-6-8(2)17-18-13(9)11-5-4-10(15)7-12(11)16-14(18)19/h4-5,7,9H,3,6H2,1-2H3. The van der Waals surface area contributed by atoms with E-state index in [1.807, 2.05) is 19.1 Å². The van der Waals surface area contributed by atoms with Crippen molar-refractivity contribution in [1.82, 2.24) is 9.66 Å². The van der Waals surface area contributed by atoms with Crippen molar-refractivity contribution >= 4 is 28.2 Å². The fourth-order valence-electron chi connectivity index (χ4n) is 2.67. The molecule has 1 unspecified atom stereocenters. The smallest absolute Gasteiger partial charge is 0.244 e. The molecule has 0 N–H and O–H groups in total. The van der Waals surface area contributed by atoms with Crippen LogP contribution in [-0.4, -0.2) is 15.4 Å². The minimum Gasteiger partial charge on any atom is -0.244 e. The first-order valence-electron chi connectivity index (χ1n) is 6.37. The number of fused-ring (bicyclic) bond motifs is 3. The van der Waals surface area contributed by atoms with Crippen molar-refractivity contribution in [2.75, 3.05) is 0 Å². The summed E-state index contributed by atoms with van der Waals surface area (Å²) >= 11 is 5.97. The second kappa shape index (κ2) is 4.46. The van der Waals surface area contributed by atoms with Crippen molar-refractivity contribution < 1.29 is 0 Å². The number of hydrogen-bond acceptors (Lipinski definition) is 3. The van der Waals surface area contributed by atoms with Crippen LogP contribution in [-0.2, 0) is 0 Å². The first-order valence-corrected chi connectivity index (χ1v) is 6.74. The largest absolute Gasteiger partial charge is 0.369 e. The number of aromatic nitrogens is 2. The number of halogens is 1. The second-order valence-corrected chi connectivity index (χ2v) is 5.33. The minimum absolute atomic E-state index is 0.303. The summed E-state index contributed by atoms with van der Waals surface area (Å²) in [6.07, 6.45) is 1.85. The van der Waals surface area contributed by atoms with E-state index in [4.69, 9.17) is 11.6 Å². The van der Waals surface area contributed by atoms with E-state index < -0.39 is 0 Å². The Hall–Kier alpha value is -1.68. The van der Waals surface area contributed by atoms with Gasteiger partial charge in [-0.2, -0.15) is 14.8 Å². The Kier molecular flexibility index (Phi) is 2.90. The maximum absolute atomic E-state index is 12.1. The first-order chi connectivity index (χ1) is 9.10. The molecular formula is C14H14ClN3O. The van der Waals surface area contributed by atoms with E-state index in [0.29, 0.717) is 16.5 Å². The first kappa shape index (κ1) is 12.4. The van der Waals surface area contributed by atoms with Crippen LogP contribution < -0.4 is 5.69 Å². The third-order valence-corrected chi connectivity index (χ3v) is 3.79. The maximum atomic E-state index is 12.1. The van der Waals surface area contributed by atoms with Gasteiger partial charge in [0.05, 0.1) is 11.2 Å². The maximum Gasteiger partial charge on any atom is 0.369 e. The molecule has 0 saturated carbocycles. The lowest BCUT2D eigenvalue weighted by molar-refractivity contribution is 0.581. The molecule has 1 aliphatic heterocycles. The molecule has 0 amide bonds. The quantitative estimate of drug-likeness (QED) is 0.802. The summed E-state index contributed by atoms with van der Waals surface area (Å²) < 4.78 is 1.45. The molecule has 2 aromatic rings. The topological polar surface area (TPSA) is 47.2 Å². The van der Waals surface area contributed by atoms with Crippen molar-refractivity contribution in [3.8, 4) is 0 Å². The molecule has 0 spiro atoms. The van der Waals surface area contributed by atoms with E-state index in [2.05, 4.69) is 17.0 Å². The van der Waals surface area contributed by atoms with Crippen LogP contribution in [0.2, 0.25) is 5.02 Å². The summed E-state index contributed by atoms with van der Waals surface area (Å²) in [5.74, 6) is 0.303. The van der Waals surface area contributed by atoms with Crippen molar-refractivity contribution in [3.05, 3.63) is 39.4 Å². The average Bonchev–Trinajstić information content (AvgIpc) is 2.38. The highest BCUT2D eigenvalue weighted by Crippen LogP contribution is 2.32. The molecule has 3 rings (SSSR count). The minimum atomic E-state index is -0.331. The molecule has 1 aromatic heterocycles. The molecule has 1 aromatic carbocycles. The molecule has 4 nitrogen and oxygen atoms in total. The van der Waals surface area contributed by atoms with Crippen LogP contribution in [0.3, 0.4) is 0 Å². The lowest BCUT2D eigenvalue weighted by Crippen LogP contribution is -2.29. The summed E-state index contributed by atoms with van der Waals surface area (Å²) in [6, 6.07) is 5.49. The fourth-order valence-corrected chi connectivity index (χ4v) is 2.84. The van der Waals surface area contributed by atoms with Crippen LogP contribution in [0.25, 0.3) is 10.9 Å². The van der Waals surface area contributed by atoms with Crippen LogP contribution in [0, 0.1) is 0 Å². The number of nitrogens with zero attached hydrogens (tertiary/aromatic N) is 3. The molecule has 0 saturated heterocycles. The Labute approximate surface area is 115 Å². The Morgan fingerprint density at radius 3 is 3.00 bits per heavy atom. The van der Waals surface area contributed by atoms with Crippen LogP contribution >= 0.6 is 11.6 Å². The van der Waals surface area contributed by atoms with E-state index in [0.717, 1.165) is 29.6 Å². The van der Waals surface area contributed by atoms with Crippen LogP contribution in [0.15, 0.2) is 28.1 Å². The Balaban J connectivity index is 2.43. The van der Waals surface area contributed by atoms with Gasteiger partial charge >= 0.3 is 5.69 Å². The van der Waals surface area contributed by atoms with E-state index in [-0.39, 0.29) is 5.69 Å². The van der Waals surface area contributed by atoms with Gasteiger partial charge in [0.1, 0.15) is 0 Å². The van der Waals surface area contributed by atoms with Crippen molar-refractivity contribution in [3.63, 3.8) is 0 Å². The molecular weight excluding hydrogens is 262 g/mol. The zero-order valence-electron chi connectivity index (χ0n) is 10.9. The Morgan fingerprint density at radius 1 is 1.47 bits per heavy atom. The van der Waals surface area contributed by atoms with Gasteiger partial charge in [-0.05, 0) is 38.0 Å². The van der Waals surface area contributed by atoms with Gasteiger partial charge in [-0.25, -0.2) is 4.79 Å². The zero-order valence-corrected chi connectivity index (χ0v) is 11.6. The number of benzene rings is 1. The molecule has 0 fully saturated rings. The Bertz CT molecular complexity index is 748. The third-order valence-electron chi connectivity index (χ3n) is 3.55. The summed E-state index contributed by atoms with van der Waals surface area (Å²) in [5.41, 5.74) is 2.25. The molecule has 98 valence electrons. The van der Waals surface area contributed by atoms with E-state index in [1.54, 1.807) is 6.07 Å². The summed E-state index contributed by atoms with van der Waals surface area (Å²) in [5, 5.41) is 5.90. The molecule has 5 heteroatoms. The molecule has 19 heavy (non-hydrogen) atoms. The molecule has 2 heterocycles. The fraction of sp³-hybridized carbons (Fsp3) is 0.357. The molecule has 0 aliphatic carbocycles. The van der Waals surface area contributed by atoms with Gasteiger partial charge in [0.15, 0.2) is 0 Å². The predicted octanol–water partition coefficient (Wildman–Crippen LogP) is 3.17. The van der Waals surface area contributed by atoms with E-state index in [9.17, 15) is 4.79 Å². The van der Waals surface area contributed by atoms with Crippen molar-refractivity contribution in [2.45, 2.75) is 32.6 Å². The highest BCUT2D eigenvalue weighted by atomic mass is 35.5. The lowest BCUT2D eigenvalue weighted by Gasteiger charge is -2.24. The number of hydrogen-bond donors (Lipinski definition) is 0. The highest BCUT2D eigenvalue weighted by molar-refractivity contribution is 6.31. The predicted molar refractivity (Wildman–Crippen MR) is 77.2 cm³/mol. The Morgan fingerprint density at radius 2 is 2.26 bits per heavy atom. The van der Waals surface area contributed by atoms with Gasteiger partial charge in [0.2, 0.25) is 0 Å².